The maximum absolute atomic E-state index is 12.7. The molecule has 3 heterocycles. The number of aromatic nitrogens is 3. The first-order valence-electron chi connectivity index (χ1n) is 13.6. The lowest BCUT2D eigenvalue weighted by Gasteiger charge is -2.31. The van der Waals surface area contributed by atoms with Crippen LogP contribution in [-0.2, 0) is 19.6 Å². The first-order valence-corrected chi connectivity index (χ1v) is 13.9. The molecule has 1 aliphatic heterocycles. The van der Waals surface area contributed by atoms with Crippen molar-refractivity contribution >= 4 is 36.8 Å². The summed E-state index contributed by atoms with van der Waals surface area (Å²) in [6.07, 6.45) is 8.75. The number of fused-ring (bicyclic) bond motifs is 1. The Bertz CT molecular complexity index is 1290. The van der Waals surface area contributed by atoms with Gasteiger partial charge in [-0.15, -0.1) is 0 Å². The monoisotopic (exact) mass is 588 g/mol. The van der Waals surface area contributed by atoms with E-state index in [9.17, 15) is 9.90 Å². The SMILES string of the molecule is Cc1ncoc1COc1ccc2c(c1Cl)CCN(C[C@@H](O)CNC(=O)c1cc(NC3CCCCC3)ncn1)C2.S. The van der Waals surface area contributed by atoms with E-state index in [4.69, 9.17) is 20.8 Å². The number of anilines is 1. The van der Waals surface area contributed by atoms with Crippen LogP contribution >= 0.6 is 25.1 Å². The number of aliphatic hydroxyl groups is 1. The number of ether oxygens (including phenoxy) is 1. The van der Waals surface area contributed by atoms with Crippen LogP contribution in [-0.4, -0.2) is 62.6 Å². The van der Waals surface area contributed by atoms with Gasteiger partial charge in [0.1, 0.15) is 30.2 Å². The van der Waals surface area contributed by atoms with Gasteiger partial charge < -0.3 is 24.9 Å². The van der Waals surface area contributed by atoms with Crippen LogP contribution in [0.25, 0.3) is 0 Å². The van der Waals surface area contributed by atoms with Crippen molar-refractivity contribution in [1.82, 2.24) is 25.2 Å². The summed E-state index contributed by atoms with van der Waals surface area (Å²) in [5.74, 6) is 1.62. The van der Waals surface area contributed by atoms with E-state index in [0.717, 1.165) is 42.6 Å². The number of rotatable bonds is 10. The quantitative estimate of drug-likeness (QED) is 0.322. The summed E-state index contributed by atoms with van der Waals surface area (Å²) in [5.41, 5.74) is 3.24. The Morgan fingerprint density at radius 3 is 2.85 bits per heavy atom. The van der Waals surface area contributed by atoms with Crippen LogP contribution in [0.1, 0.15) is 65.2 Å². The second kappa shape index (κ2) is 14.2. The first kappa shape index (κ1) is 30.1. The normalized spacial score (nSPS) is 16.5. The van der Waals surface area contributed by atoms with Crippen LogP contribution in [0, 0.1) is 6.92 Å². The zero-order valence-corrected chi connectivity index (χ0v) is 24.4. The zero-order chi connectivity index (χ0) is 27.2. The van der Waals surface area contributed by atoms with Gasteiger partial charge in [-0.2, -0.15) is 13.5 Å². The third-order valence-corrected chi connectivity index (χ3v) is 7.82. The highest BCUT2D eigenvalue weighted by atomic mass is 35.5. The van der Waals surface area contributed by atoms with Gasteiger partial charge in [-0.05, 0) is 43.4 Å². The molecule has 1 saturated carbocycles. The molecule has 1 aliphatic carbocycles. The molecule has 0 radical (unpaired) electrons. The van der Waals surface area contributed by atoms with Crippen LogP contribution in [0.3, 0.4) is 0 Å². The van der Waals surface area contributed by atoms with E-state index in [0.29, 0.717) is 41.5 Å². The lowest BCUT2D eigenvalue weighted by Crippen LogP contribution is -2.42. The summed E-state index contributed by atoms with van der Waals surface area (Å²) in [7, 11) is 0. The number of benzene rings is 1. The van der Waals surface area contributed by atoms with Gasteiger partial charge >= 0.3 is 0 Å². The first-order chi connectivity index (χ1) is 19.0. The zero-order valence-electron chi connectivity index (χ0n) is 22.7. The topological polar surface area (TPSA) is 126 Å². The summed E-state index contributed by atoms with van der Waals surface area (Å²) in [6, 6.07) is 5.94. The summed E-state index contributed by atoms with van der Waals surface area (Å²) in [6.45, 7) is 4.09. The van der Waals surface area contributed by atoms with E-state index in [2.05, 4.69) is 30.5 Å². The molecule has 1 atom stereocenters. The van der Waals surface area contributed by atoms with Crippen LogP contribution in [0.2, 0.25) is 5.02 Å². The second-order valence-corrected chi connectivity index (χ2v) is 10.7. The van der Waals surface area contributed by atoms with Crippen molar-refractivity contribution < 1.29 is 19.1 Å². The van der Waals surface area contributed by atoms with Gasteiger partial charge in [-0.3, -0.25) is 9.69 Å². The number of hydrogen-bond acceptors (Lipinski definition) is 9. The molecule has 12 heteroatoms. The fourth-order valence-corrected chi connectivity index (χ4v) is 5.54. The van der Waals surface area contributed by atoms with Crippen molar-refractivity contribution in [3.05, 3.63) is 64.2 Å². The van der Waals surface area contributed by atoms with Gasteiger partial charge in [0.25, 0.3) is 5.91 Å². The fourth-order valence-electron chi connectivity index (χ4n) is 5.20. The second-order valence-electron chi connectivity index (χ2n) is 10.3. The maximum atomic E-state index is 12.7. The standard InChI is InChI=1S/C28H35ClN6O4.H2S/c1-18-25(39-17-33-18)15-38-24-8-7-19-13-35(10-9-22(19)27(24)29)14-21(36)12-30-28(37)23-11-26(32-16-31-23)34-20-5-3-2-4-6-20;/h7-8,11,16-17,20-21,36H,2-6,9-10,12-15H2,1H3,(H,30,37)(H,31,32,34);1H2/t21-;/m0./s1. The van der Waals surface area contributed by atoms with Gasteiger partial charge in [-0.1, -0.05) is 36.9 Å². The van der Waals surface area contributed by atoms with E-state index in [1.165, 1.54) is 32.0 Å². The summed E-state index contributed by atoms with van der Waals surface area (Å²) in [5, 5.41) is 17.5. The van der Waals surface area contributed by atoms with Crippen LogP contribution in [0.4, 0.5) is 5.82 Å². The molecule has 2 aliphatic rings. The van der Waals surface area contributed by atoms with E-state index in [1.807, 2.05) is 19.1 Å². The molecule has 0 saturated heterocycles. The number of aryl methyl sites for hydroxylation is 1. The number of nitrogens with zero attached hydrogens (tertiary/aromatic N) is 4. The molecule has 1 fully saturated rings. The minimum absolute atomic E-state index is 0. The molecule has 40 heavy (non-hydrogen) atoms. The molecule has 216 valence electrons. The Balaban J connectivity index is 0.00000370. The Hall–Kier alpha value is -2.86. The highest BCUT2D eigenvalue weighted by Crippen LogP contribution is 2.34. The number of β-amino-alcohol motifs (C(OH)–C–C–N with tert-alkyl or cyclic N) is 1. The van der Waals surface area contributed by atoms with Gasteiger partial charge in [-0.25, -0.2) is 15.0 Å². The Morgan fingerprint density at radius 1 is 1.25 bits per heavy atom. The predicted molar refractivity (Wildman–Crippen MR) is 157 cm³/mol. The van der Waals surface area contributed by atoms with E-state index in [-0.39, 0.29) is 38.2 Å². The third kappa shape index (κ3) is 7.66. The molecule has 10 nitrogen and oxygen atoms in total. The van der Waals surface area contributed by atoms with Gasteiger partial charge in [0.05, 0.1) is 16.8 Å². The molecule has 1 aromatic carbocycles. The summed E-state index contributed by atoms with van der Waals surface area (Å²) >= 11 is 6.67. The number of hydrogen-bond donors (Lipinski definition) is 3. The maximum Gasteiger partial charge on any atom is 0.270 e. The molecular formula is C28H37ClN6O4S. The average Bonchev–Trinajstić information content (AvgIpc) is 3.36. The van der Waals surface area contributed by atoms with Crippen molar-refractivity contribution in [3.8, 4) is 5.75 Å². The van der Waals surface area contributed by atoms with Crippen molar-refractivity contribution in [1.29, 1.82) is 0 Å². The third-order valence-electron chi connectivity index (χ3n) is 7.40. The molecule has 0 bridgehead atoms. The molecule has 3 aromatic rings. The molecule has 1 amide bonds. The van der Waals surface area contributed by atoms with Crippen molar-refractivity contribution in [2.45, 2.75) is 70.7 Å². The highest BCUT2D eigenvalue weighted by molar-refractivity contribution is 7.59. The van der Waals surface area contributed by atoms with Gasteiger partial charge in [0.15, 0.2) is 12.2 Å². The molecule has 2 aromatic heterocycles. The fraction of sp³-hybridized carbons (Fsp3) is 0.500. The number of amides is 1. The number of aliphatic hydroxyl groups excluding tert-OH is 1. The van der Waals surface area contributed by atoms with E-state index in [1.54, 1.807) is 6.07 Å². The largest absolute Gasteiger partial charge is 0.484 e. The number of halogens is 1. The summed E-state index contributed by atoms with van der Waals surface area (Å²) < 4.78 is 11.2. The van der Waals surface area contributed by atoms with Crippen LogP contribution < -0.4 is 15.4 Å². The van der Waals surface area contributed by atoms with Crippen LogP contribution in [0.15, 0.2) is 35.3 Å². The highest BCUT2D eigenvalue weighted by Gasteiger charge is 2.23. The van der Waals surface area contributed by atoms with Gasteiger partial charge in [0.2, 0.25) is 0 Å². The molecule has 3 N–H and O–H groups in total. The number of carbonyl (C=O) groups excluding carboxylic acids is 1. The number of nitrogens with one attached hydrogen (secondary N) is 2. The summed E-state index contributed by atoms with van der Waals surface area (Å²) in [4.78, 5) is 27.3. The lowest BCUT2D eigenvalue weighted by molar-refractivity contribution is 0.0838. The van der Waals surface area contributed by atoms with Crippen LogP contribution in [0.5, 0.6) is 5.75 Å². The smallest absolute Gasteiger partial charge is 0.270 e. The van der Waals surface area contributed by atoms with Crippen molar-refractivity contribution in [2.24, 2.45) is 0 Å². The van der Waals surface area contributed by atoms with E-state index < -0.39 is 6.10 Å². The van der Waals surface area contributed by atoms with Gasteiger partial charge in [0, 0.05) is 38.3 Å². The molecule has 5 rings (SSSR count). The lowest BCUT2D eigenvalue weighted by atomic mass is 9.95. The number of oxazole rings is 1. The molecule has 0 unspecified atom stereocenters. The molecular weight excluding hydrogens is 552 g/mol. The van der Waals surface area contributed by atoms with Crippen molar-refractivity contribution in [2.75, 3.05) is 25.0 Å². The Morgan fingerprint density at radius 2 is 2.08 bits per heavy atom. The van der Waals surface area contributed by atoms with Crippen molar-refractivity contribution in [3.63, 3.8) is 0 Å². The minimum Gasteiger partial charge on any atom is -0.484 e. The Labute approximate surface area is 246 Å². The number of carbonyl (C=O) groups is 1. The average molecular weight is 589 g/mol. The molecule has 0 spiro atoms. The predicted octanol–water partition coefficient (Wildman–Crippen LogP) is 4.01. The minimum atomic E-state index is -0.722. The van der Waals surface area contributed by atoms with E-state index >= 15 is 0 Å². The Kier molecular flexibility index (Phi) is 10.7.